The molecule has 2 heterocycles. The third-order valence-corrected chi connectivity index (χ3v) is 8.00. The smallest absolute Gasteiger partial charge is 0.548 e. The van der Waals surface area contributed by atoms with E-state index in [-0.39, 0.29) is 55.7 Å². The Morgan fingerprint density at radius 2 is 1.94 bits per heavy atom. The SMILES string of the molecule is COc1ccc(N2c3ccc(/C=C4\SC(=S)N(CC(=O)[O-])C4=O)cc3C3CCCC32)cc1OC.[K+]. The van der Waals surface area contributed by atoms with Crippen molar-refractivity contribution in [2.75, 3.05) is 25.7 Å². The van der Waals surface area contributed by atoms with E-state index in [0.29, 0.717) is 28.4 Å². The van der Waals surface area contributed by atoms with Crippen LogP contribution in [0.15, 0.2) is 41.3 Å². The summed E-state index contributed by atoms with van der Waals surface area (Å²) < 4.78 is 11.2. The summed E-state index contributed by atoms with van der Waals surface area (Å²) in [6.45, 7) is -0.532. The number of methoxy groups -OCH3 is 2. The number of nitrogens with zero attached hydrogens (tertiary/aromatic N) is 2. The molecule has 2 aromatic carbocycles. The van der Waals surface area contributed by atoms with Crippen molar-refractivity contribution in [2.24, 2.45) is 0 Å². The van der Waals surface area contributed by atoms with Crippen molar-refractivity contribution < 1.29 is 75.6 Å². The average molecular weight is 535 g/mol. The van der Waals surface area contributed by atoms with Crippen LogP contribution in [0, 0.1) is 0 Å². The molecule has 2 unspecified atom stereocenters. The molecular weight excluding hydrogens is 512 g/mol. The fourth-order valence-corrected chi connectivity index (χ4v) is 6.45. The van der Waals surface area contributed by atoms with E-state index in [1.54, 1.807) is 20.3 Å². The predicted molar refractivity (Wildman–Crippen MR) is 133 cm³/mol. The Bertz CT molecular complexity index is 1230. The van der Waals surface area contributed by atoms with Crippen molar-refractivity contribution in [1.29, 1.82) is 0 Å². The Labute approximate surface area is 256 Å². The minimum absolute atomic E-state index is 0. The number of hydrogen-bond donors (Lipinski definition) is 0. The summed E-state index contributed by atoms with van der Waals surface area (Å²) in [4.78, 5) is 27.5. The van der Waals surface area contributed by atoms with Crippen LogP contribution >= 0.6 is 24.0 Å². The number of carboxylic acids is 1. The second-order valence-corrected chi connectivity index (χ2v) is 10.1. The van der Waals surface area contributed by atoms with Crippen molar-refractivity contribution >= 4 is 57.6 Å². The molecule has 2 atom stereocenters. The Hall–Kier alpha value is -1.40. The number of carboxylic acid groups (broad SMARTS) is 1. The predicted octanol–water partition coefficient (Wildman–Crippen LogP) is 0.447. The van der Waals surface area contributed by atoms with E-state index < -0.39 is 18.4 Å². The van der Waals surface area contributed by atoms with Gasteiger partial charge in [-0.3, -0.25) is 9.69 Å². The topological polar surface area (TPSA) is 82.1 Å². The summed E-state index contributed by atoms with van der Waals surface area (Å²) in [5.41, 5.74) is 4.37. The number of carbonyl (C=O) groups is 2. The standard InChI is InChI=1S/C25H24N2O5S2.K/c1-31-20-9-7-15(12-21(20)32-2)27-18-5-3-4-16(18)17-10-14(6-8-19(17)27)11-22-24(30)26(13-23(28)29)25(33)34-22;/h6-12,16,18H,3-5,13H2,1-2H3,(H,28,29);/q;+1/p-1/b22-11-;. The summed E-state index contributed by atoms with van der Waals surface area (Å²) >= 11 is 6.31. The Morgan fingerprint density at radius 1 is 1.17 bits per heavy atom. The number of ether oxygens (including phenoxy) is 2. The number of fused-ring (bicyclic) bond motifs is 3. The minimum Gasteiger partial charge on any atom is -0.548 e. The molecule has 176 valence electrons. The quantitative estimate of drug-likeness (QED) is 0.300. The largest absolute Gasteiger partial charge is 1.00 e. The van der Waals surface area contributed by atoms with Gasteiger partial charge in [-0.2, -0.15) is 0 Å². The van der Waals surface area contributed by atoms with Crippen molar-refractivity contribution in [1.82, 2.24) is 4.90 Å². The van der Waals surface area contributed by atoms with Crippen LogP contribution in [-0.4, -0.2) is 47.9 Å². The fourth-order valence-electron chi connectivity index (χ4n) is 5.19. The van der Waals surface area contributed by atoms with Crippen molar-refractivity contribution in [3.8, 4) is 11.5 Å². The number of hydrogen-bond acceptors (Lipinski definition) is 8. The third kappa shape index (κ3) is 4.94. The molecule has 35 heavy (non-hydrogen) atoms. The minimum atomic E-state index is -1.34. The van der Waals surface area contributed by atoms with Crippen LogP contribution in [0.5, 0.6) is 11.5 Å². The van der Waals surface area contributed by atoms with Crippen LogP contribution in [0.2, 0.25) is 0 Å². The number of rotatable bonds is 6. The van der Waals surface area contributed by atoms with E-state index in [1.807, 2.05) is 18.2 Å². The van der Waals surface area contributed by atoms with Gasteiger partial charge in [-0.05, 0) is 54.3 Å². The number of thiocarbonyl (C=S) groups is 1. The van der Waals surface area contributed by atoms with Gasteiger partial charge in [-0.15, -0.1) is 0 Å². The molecule has 1 aliphatic carbocycles. The van der Waals surface area contributed by atoms with Gasteiger partial charge in [0.25, 0.3) is 5.91 Å². The number of aliphatic carboxylic acids is 1. The van der Waals surface area contributed by atoms with Crippen molar-refractivity contribution in [3.63, 3.8) is 0 Å². The molecule has 3 aliphatic rings. The van der Waals surface area contributed by atoms with Gasteiger partial charge in [0.1, 0.15) is 4.32 Å². The third-order valence-electron chi connectivity index (χ3n) is 6.63. The van der Waals surface area contributed by atoms with Crippen LogP contribution < -0.4 is 70.9 Å². The van der Waals surface area contributed by atoms with E-state index in [4.69, 9.17) is 21.7 Å². The number of benzene rings is 2. The van der Waals surface area contributed by atoms with Crippen LogP contribution in [0.4, 0.5) is 11.4 Å². The number of anilines is 2. The van der Waals surface area contributed by atoms with E-state index >= 15 is 0 Å². The first-order valence-corrected chi connectivity index (χ1v) is 12.2. The second-order valence-electron chi connectivity index (χ2n) is 8.47. The van der Waals surface area contributed by atoms with E-state index in [9.17, 15) is 14.7 Å². The molecule has 0 bridgehead atoms. The van der Waals surface area contributed by atoms with E-state index in [1.165, 1.54) is 5.56 Å². The van der Waals surface area contributed by atoms with Gasteiger partial charge in [-0.25, -0.2) is 0 Å². The molecule has 0 radical (unpaired) electrons. The van der Waals surface area contributed by atoms with Gasteiger partial charge in [0.05, 0.1) is 31.6 Å². The first kappa shape index (κ1) is 26.7. The summed E-state index contributed by atoms with van der Waals surface area (Å²) in [6, 6.07) is 12.6. The summed E-state index contributed by atoms with van der Waals surface area (Å²) in [5.74, 6) is 0.0604. The molecule has 7 nitrogen and oxygen atoms in total. The summed E-state index contributed by atoms with van der Waals surface area (Å²) in [6.07, 6.45) is 5.16. The van der Waals surface area contributed by atoms with Gasteiger partial charge >= 0.3 is 51.4 Å². The van der Waals surface area contributed by atoms with Gasteiger partial charge in [0, 0.05) is 29.4 Å². The summed E-state index contributed by atoms with van der Waals surface area (Å²) in [7, 11) is 3.27. The van der Waals surface area contributed by atoms with Crippen LogP contribution in [0.1, 0.15) is 36.3 Å². The molecule has 0 spiro atoms. The molecule has 1 saturated heterocycles. The fraction of sp³-hybridized carbons (Fsp3) is 0.320. The van der Waals surface area contributed by atoms with Crippen LogP contribution in [0.25, 0.3) is 6.08 Å². The Balaban J connectivity index is 0.00000289. The molecular formula is C25H23KN2O5S2. The number of amides is 1. The zero-order valence-electron chi connectivity index (χ0n) is 19.8. The molecule has 2 aromatic rings. The molecule has 1 amide bonds. The molecule has 2 fully saturated rings. The zero-order chi connectivity index (χ0) is 24.0. The van der Waals surface area contributed by atoms with Gasteiger partial charge in [0.15, 0.2) is 11.5 Å². The average Bonchev–Trinajstić information content (AvgIpc) is 3.48. The number of carbonyl (C=O) groups excluding carboxylic acids is 2. The zero-order valence-corrected chi connectivity index (χ0v) is 24.5. The first-order valence-electron chi connectivity index (χ1n) is 11.0. The second kappa shape index (κ2) is 10.9. The Kier molecular flexibility index (Phi) is 8.31. The van der Waals surface area contributed by atoms with Crippen LogP contribution in [0.3, 0.4) is 0 Å². The normalized spacial score (nSPS) is 21.7. The maximum Gasteiger partial charge on any atom is 1.00 e. The van der Waals surface area contributed by atoms with Gasteiger partial charge < -0.3 is 24.3 Å². The maximum absolute atomic E-state index is 12.6. The maximum atomic E-state index is 12.6. The molecule has 0 N–H and O–H groups in total. The summed E-state index contributed by atoms with van der Waals surface area (Å²) in [5, 5.41) is 11.0. The van der Waals surface area contributed by atoms with Gasteiger partial charge in [-0.1, -0.05) is 36.5 Å². The molecule has 10 heteroatoms. The van der Waals surface area contributed by atoms with Crippen molar-refractivity contribution in [3.05, 3.63) is 52.4 Å². The molecule has 0 aromatic heterocycles. The molecule has 2 aliphatic heterocycles. The van der Waals surface area contributed by atoms with E-state index in [0.717, 1.165) is 52.9 Å². The Morgan fingerprint density at radius 3 is 2.66 bits per heavy atom. The monoisotopic (exact) mass is 534 g/mol. The van der Waals surface area contributed by atoms with Crippen LogP contribution in [-0.2, 0) is 9.59 Å². The molecule has 1 saturated carbocycles. The molecule has 5 rings (SSSR count). The van der Waals surface area contributed by atoms with Gasteiger partial charge in [0.2, 0.25) is 0 Å². The number of thioether (sulfide) groups is 1. The van der Waals surface area contributed by atoms with Crippen molar-refractivity contribution in [2.45, 2.75) is 31.2 Å². The van der Waals surface area contributed by atoms with E-state index in [2.05, 4.69) is 23.1 Å². The first-order chi connectivity index (χ1) is 16.4.